The number of para-hydroxylation sites is 1. The molecule has 1 amide bonds. The smallest absolute Gasteiger partial charge is 0.271 e. The van der Waals surface area contributed by atoms with Gasteiger partial charge in [0, 0.05) is 34.8 Å². The molecule has 30 heavy (non-hydrogen) atoms. The van der Waals surface area contributed by atoms with E-state index in [-0.39, 0.29) is 0 Å². The van der Waals surface area contributed by atoms with Crippen LogP contribution in [-0.4, -0.2) is 16.7 Å². The Labute approximate surface area is 172 Å². The van der Waals surface area contributed by atoms with Crippen molar-refractivity contribution in [2.45, 2.75) is 6.54 Å². The molecule has 0 aliphatic heterocycles. The summed E-state index contributed by atoms with van der Waals surface area (Å²) in [7, 11) is 0. The summed E-state index contributed by atoms with van der Waals surface area (Å²) in [5.41, 5.74) is 6.39. The minimum absolute atomic E-state index is 0.330. The zero-order valence-corrected chi connectivity index (χ0v) is 15.9. The number of carbonyl (C=O) groups is 1. The van der Waals surface area contributed by atoms with Crippen molar-refractivity contribution in [3.8, 4) is 6.07 Å². The van der Waals surface area contributed by atoms with Crippen LogP contribution < -0.4 is 5.43 Å². The first-order valence-electron chi connectivity index (χ1n) is 9.30. The lowest BCUT2D eigenvalue weighted by Crippen LogP contribution is -2.17. The number of hydrazone groups is 1. The Morgan fingerprint density at radius 1 is 1.07 bits per heavy atom. The summed E-state index contributed by atoms with van der Waals surface area (Å²) in [5, 5.41) is 14.0. The Morgan fingerprint density at radius 2 is 1.80 bits per heavy atom. The van der Waals surface area contributed by atoms with Gasteiger partial charge in [0.15, 0.2) is 0 Å². The number of benzene rings is 3. The van der Waals surface area contributed by atoms with Crippen LogP contribution in [0, 0.1) is 17.1 Å². The van der Waals surface area contributed by atoms with Gasteiger partial charge in [0.2, 0.25) is 0 Å². The highest BCUT2D eigenvalue weighted by Crippen LogP contribution is 2.21. The van der Waals surface area contributed by atoms with E-state index >= 15 is 0 Å². The molecule has 146 valence electrons. The fourth-order valence-electron chi connectivity index (χ4n) is 3.22. The molecule has 4 rings (SSSR count). The number of nitrogens with zero attached hydrogens (tertiary/aromatic N) is 3. The molecule has 0 fully saturated rings. The third-order valence-electron chi connectivity index (χ3n) is 4.73. The number of carbonyl (C=O) groups excluding carboxylic acids is 1. The van der Waals surface area contributed by atoms with Crippen LogP contribution in [0.25, 0.3) is 10.9 Å². The van der Waals surface area contributed by atoms with Gasteiger partial charge in [0.1, 0.15) is 5.82 Å². The number of nitrogens with one attached hydrogen (secondary N) is 1. The molecule has 0 aliphatic rings. The fourth-order valence-corrected chi connectivity index (χ4v) is 3.22. The van der Waals surface area contributed by atoms with Crippen molar-refractivity contribution in [1.29, 1.82) is 5.26 Å². The van der Waals surface area contributed by atoms with Gasteiger partial charge in [0.25, 0.3) is 5.91 Å². The highest BCUT2D eigenvalue weighted by atomic mass is 19.1. The quantitative estimate of drug-likeness (QED) is 0.400. The van der Waals surface area contributed by atoms with Crippen molar-refractivity contribution in [2.24, 2.45) is 5.10 Å². The van der Waals surface area contributed by atoms with Crippen molar-refractivity contribution >= 4 is 23.0 Å². The molecule has 0 spiro atoms. The molecule has 5 nitrogen and oxygen atoms in total. The molecule has 1 aromatic heterocycles. The second-order valence-electron chi connectivity index (χ2n) is 6.74. The third kappa shape index (κ3) is 4.10. The van der Waals surface area contributed by atoms with E-state index in [2.05, 4.69) is 21.2 Å². The highest BCUT2D eigenvalue weighted by Gasteiger charge is 2.08. The van der Waals surface area contributed by atoms with Crippen LogP contribution in [0.3, 0.4) is 0 Å². The van der Waals surface area contributed by atoms with E-state index in [0.29, 0.717) is 17.7 Å². The predicted octanol–water partition coefficient (Wildman–Crippen LogP) is 4.46. The summed E-state index contributed by atoms with van der Waals surface area (Å²) in [5.74, 6) is -0.808. The summed E-state index contributed by atoms with van der Waals surface area (Å²) >= 11 is 0. The molecule has 4 aromatic rings. The molecule has 3 aromatic carbocycles. The van der Waals surface area contributed by atoms with Crippen LogP contribution in [0.2, 0.25) is 0 Å². The summed E-state index contributed by atoms with van der Waals surface area (Å²) in [4.78, 5) is 12.1. The number of hydrogen-bond acceptors (Lipinski definition) is 3. The normalized spacial score (nSPS) is 10.9. The van der Waals surface area contributed by atoms with Gasteiger partial charge < -0.3 is 4.57 Å². The van der Waals surface area contributed by atoms with E-state index in [0.717, 1.165) is 22.0 Å². The van der Waals surface area contributed by atoms with E-state index in [1.165, 1.54) is 24.3 Å². The number of amides is 1. The van der Waals surface area contributed by atoms with Gasteiger partial charge in [0.05, 0.1) is 17.8 Å². The van der Waals surface area contributed by atoms with E-state index in [9.17, 15) is 9.18 Å². The first-order chi connectivity index (χ1) is 14.6. The highest BCUT2D eigenvalue weighted by molar-refractivity contribution is 6.00. The zero-order chi connectivity index (χ0) is 20.9. The average Bonchev–Trinajstić information content (AvgIpc) is 3.12. The molecule has 0 unspecified atom stereocenters. The molecule has 1 N–H and O–H groups in total. The number of halogens is 1. The van der Waals surface area contributed by atoms with Crippen molar-refractivity contribution < 1.29 is 9.18 Å². The zero-order valence-electron chi connectivity index (χ0n) is 15.9. The molecule has 0 saturated heterocycles. The van der Waals surface area contributed by atoms with E-state index in [1.54, 1.807) is 18.3 Å². The largest absolute Gasteiger partial charge is 0.342 e. The van der Waals surface area contributed by atoms with Gasteiger partial charge in [-0.3, -0.25) is 4.79 Å². The molecule has 6 heteroatoms. The summed E-state index contributed by atoms with van der Waals surface area (Å²) in [6, 6.07) is 22.8. The molecule has 0 atom stereocenters. The van der Waals surface area contributed by atoms with Crippen LogP contribution in [0.15, 0.2) is 84.1 Å². The van der Waals surface area contributed by atoms with E-state index in [4.69, 9.17) is 5.26 Å². The van der Waals surface area contributed by atoms with Crippen molar-refractivity contribution in [3.05, 3.63) is 107 Å². The second-order valence-corrected chi connectivity index (χ2v) is 6.74. The Kier molecular flexibility index (Phi) is 5.35. The standard InChI is InChI=1S/C24H17FN4O/c25-21-11-9-19(10-12-21)24(30)28-27-14-20-16-29(23-4-2-1-3-22(20)23)15-18-7-5-17(13-26)6-8-18/h1-12,14,16H,15H2,(H,28,30)/b27-14-. The minimum atomic E-state index is -0.410. The topological polar surface area (TPSA) is 70.2 Å². The van der Waals surface area contributed by atoms with Gasteiger partial charge in [-0.25, -0.2) is 9.82 Å². The van der Waals surface area contributed by atoms with Crippen molar-refractivity contribution in [2.75, 3.05) is 0 Å². The summed E-state index contributed by atoms with van der Waals surface area (Å²) in [6.07, 6.45) is 3.56. The number of nitriles is 1. The Bertz CT molecular complexity index is 1270. The molecule has 0 aliphatic carbocycles. The van der Waals surface area contributed by atoms with Gasteiger partial charge >= 0.3 is 0 Å². The molecule has 0 bridgehead atoms. The number of aromatic nitrogens is 1. The van der Waals surface area contributed by atoms with Crippen LogP contribution in [0.1, 0.15) is 27.0 Å². The van der Waals surface area contributed by atoms with Crippen LogP contribution in [0.5, 0.6) is 0 Å². The third-order valence-corrected chi connectivity index (χ3v) is 4.73. The van der Waals surface area contributed by atoms with Gasteiger partial charge in [-0.15, -0.1) is 0 Å². The summed E-state index contributed by atoms with van der Waals surface area (Å²) in [6.45, 7) is 0.641. The van der Waals surface area contributed by atoms with Crippen molar-refractivity contribution in [3.63, 3.8) is 0 Å². The van der Waals surface area contributed by atoms with E-state index < -0.39 is 11.7 Å². The fraction of sp³-hybridized carbons (Fsp3) is 0.0417. The SMILES string of the molecule is N#Cc1ccc(Cn2cc(/C=N\NC(=O)c3ccc(F)cc3)c3ccccc32)cc1. The first-order valence-corrected chi connectivity index (χ1v) is 9.30. The minimum Gasteiger partial charge on any atom is -0.342 e. The van der Waals surface area contributed by atoms with Crippen molar-refractivity contribution in [1.82, 2.24) is 9.99 Å². The van der Waals surface area contributed by atoms with Crippen LogP contribution >= 0.6 is 0 Å². The molecule has 1 heterocycles. The maximum Gasteiger partial charge on any atom is 0.271 e. The molecular formula is C24H17FN4O. The van der Waals surface area contributed by atoms with Gasteiger partial charge in [-0.05, 0) is 48.0 Å². The lowest BCUT2D eigenvalue weighted by Gasteiger charge is -2.05. The average molecular weight is 396 g/mol. The second kappa shape index (κ2) is 8.41. The Hall–Kier alpha value is -4.24. The first kappa shape index (κ1) is 19.1. The summed E-state index contributed by atoms with van der Waals surface area (Å²) < 4.78 is 15.1. The van der Waals surface area contributed by atoms with E-state index in [1.807, 2.05) is 42.6 Å². The Balaban J connectivity index is 1.55. The maximum atomic E-state index is 13.0. The van der Waals surface area contributed by atoms with Gasteiger partial charge in [-0.1, -0.05) is 30.3 Å². The molecule has 0 radical (unpaired) electrons. The molecule has 0 saturated carbocycles. The van der Waals surface area contributed by atoms with Gasteiger partial charge in [-0.2, -0.15) is 10.4 Å². The Morgan fingerprint density at radius 3 is 2.53 bits per heavy atom. The lowest BCUT2D eigenvalue weighted by atomic mass is 10.1. The number of hydrogen-bond donors (Lipinski definition) is 1. The lowest BCUT2D eigenvalue weighted by molar-refractivity contribution is 0.0955. The molecular weight excluding hydrogens is 379 g/mol. The predicted molar refractivity (Wildman–Crippen MR) is 114 cm³/mol. The monoisotopic (exact) mass is 396 g/mol. The maximum absolute atomic E-state index is 13.0. The van der Waals surface area contributed by atoms with Crippen LogP contribution in [0.4, 0.5) is 4.39 Å². The van der Waals surface area contributed by atoms with Crippen LogP contribution in [-0.2, 0) is 6.54 Å². The number of fused-ring (bicyclic) bond motifs is 1. The number of rotatable bonds is 5.